The maximum Gasteiger partial charge on any atom is 0.385 e. The summed E-state index contributed by atoms with van der Waals surface area (Å²) >= 11 is 0. The first-order chi connectivity index (χ1) is 6.24. The van der Waals surface area contributed by atoms with E-state index in [0.717, 1.165) is 0 Å². The van der Waals surface area contributed by atoms with Crippen LogP contribution >= 0.6 is 0 Å². The number of esters is 1. The number of benzene rings is 1. The molecule has 66 valence electrons. The number of ketones is 1. The number of hydrogen-bond acceptors (Lipinski definition) is 4. The fourth-order valence-electron chi connectivity index (χ4n) is 1.21. The Balaban J connectivity index is 2.62. The Bertz CT molecular complexity index is 395. The molecule has 0 saturated heterocycles. The van der Waals surface area contributed by atoms with Crippen molar-refractivity contribution < 1.29 is 19.1 Å². The number of carbonyl (C=O) groups is 2. The molecule has 0 radical (unpaired) electrons. The second-order valence-corrected chi connectivity index (χ2v) is 2.56. The van der Waals surface area contributed by atoms with Gasteiger partial charge in [-0.05, 0) is 12.1 Å². The number of carbonyl (C=O) groups excluding carboxylic acids is 2. The molecule has 0 unspecified atom stereocenters. The summed E-state index contributed by atoms with van der Waals surface area (Å²) in [5.41, 5.74) is 0.268. The van der Waals surface area contributed by atoms with E-state index in [9.17, 15) is 9.59 Å². The number of rotatable bonds is 1. The van der Waals surface area contributed by atoms with Gasteiger partial charge < -0.3 is 9.47 Å². The van der Waals surface area contributed by atoms with Gasteiger partial charge in [0.25, 0.3) is 5.78 Å². The van der Waals surface area contributed by atoms with Crippen LogP contribution in [0, 0.1) is 0 Å². The molecule has 13 heavy (non-hydrogen) atoms. The van der Waals surface area contributed by atoms with Crippen LogP contribution < -0.4 is 9.47 Å². The predicted molar refractivity (Wildman–Crippen MR) is 43.0 cm³/mol. The molecule has 0 bridgehead atoms. The molecule has 0 spiro atoms. The van der Waals surface area contributed by atoms with Crippen molar-refractivity contribution in [2.24, 2.45) is 0 Å². The van der Waals surface area contributed by atoms with Crippen molar-refractivity contribution in [3.8, 4) is 11.5 Å². The molecule has 0 aromatic heterocycles. The zero-order valence-corrected chi connectivity index (χ0v) is 6.87. The van der Waals surface area contributed by atoms with Gasteiger partial charge in [0.1, 0.15) is 0 Å². The Kier molecular flexibility index (Phi) is 1.55. The standard InChI is InChI=1S/C9H6O4/c1-12-6-4-2-3-5-7(10)9(11)13-8(5)6/h2-4H,1H3. The van der Waals surface area contributed by atoms with Crippen molar-refractivity contribution in [1.29, 1.82) is 0 Å². The van der Waals surface area contributed by atoms with E-state index in [1.54, 1.807) is 12.1 Å². The van der Waals surface area contributed by atoms with Gasteiger partial charge in [0.15, 0.2) is 11.5 Å². The second-order valence-electron chi connectivity index (χ2n) is 2.56. The smallest absolute Gasteiger partial charge is 0.385 e. The molecule has 0 N–H and O–H groups in total. The first kappa shape index (κ1) is 7.79. The molecule has 1 heterocycles. The molecular formula is C9H6O4. The van der Waals surface area contributed by atoms with Crippen LogP contribution in [-0.4, -0.2) is 18.9 Å². The van der Waals surface area contributed by atoms with E-state index in [1.807, 2.05) is 0 Å². The van der Waals surface area contributed by atoms with Gasteiger partial charge in [-0.25, -0.2) is 4.79 Å². The first-order valence-electron chi connectivity index (χ1n) is 3.67. The Morgan fingerprint density at radius 1 is 1.31 bits per heavy atom. The number of ether oxygens (including phenoxy) is 2. The summed E-state index contributed by atoms with van der Waals surface area (Å²) in [6, 6.07) is 4.80. The molecule has 1 aliphatic rings. The Morgan fingerprint density at radius 3 is 2.77 bits per heavy atom. The topological polar surface area (TPSA) is 52.6 Å². The molecule has 4 heteroatoms. The van der Waals surface area contributed by atoms with Gasteiger partial charge in [-0.1, -0.05) is 6.07 Å². The summed E-state index contributed by atoms with van der Waals surface area (Å²) in [4.78, 5) is 22.0. The fourth-order valence-corrected chi connectivity index (χ4v) is 1.21. The largest absolute Gasteiger partial charge is 0.493 e. The van der Waals surface area contributed by atoms with Crippen LogP contribution in [0.3, 0.4) is 0 Å². The molecule has 1 aromatic carbocycles. The lowest BCUT2D eigenvalue weighted by Crippen LogP contribution is -2.10. The maximum absolute atomic E-state index is 11.1. The lowest BCUT2D eigenvalue weighted by Gasteiger charge is -2.02. The van der Waals surface area contributed by atoms with E-state index in [-0.39, 0.29) is 11.3 Å². The third-order valence-corrected chi connectivity index (χ3v) is 1.82. The van der Waals surface area contributed by atoms with E-state index >= 15 is 0 Å². The monoisotopic (exact) mass is 178 g/mol. The van der Waals surface area contributed by atoms with Crippen LogP contribution in [0.1, 0.15) is 10.4 Å². The van der Waals surface area contributed by atoms with E-state index in [1.165, 1.54) is 13.2 Å². The third-order valence-electron chi connectivity index (χ3n) is 1.82. The fraction of sp³-hybridized carbons (Fsp3) is 0.111. The van der Waals surface area contributed by atoms with Gasteiger partial charge in [-0.2, -0.15) is 0 Å². The quantitative estimate of drug-likeness (QED) is 0.362. The lowest BCUT2D eigenvalue weighted by atomic mass is 10.1. The van der Waals surface area contributed by atoms with E-state index in [4.69, 9.17) is 9.47 Å². The molecule has 0 aliphatic carbocycles. The number of fused-ring (bicyclic) bond motifs is 1. The summed E-state index contributed by atoms with van der Waals surface area (Å²) < 4.78 is 9.65. The van der Waals surface area contributed by atoms with E-state index in [0.29, 0.717) is 5.75 Å². The summed E-state index contributed by atoms with van der Waals surface area (Å²) in [7, 11) is 1.45. The minimum Gasteiger partial charge on any atom is -0.493 e. The van der Waals surface area contributed by atoms with Crippen molar-refractivity contribution in [1.82, 2.24) is 0 Å². The second kappa shape index (κ2) is 2.58. The Hall–Kier alpha value is -1.84. The highest BCUT2D eigenvalue weighted by molar-refractivity contribution is 6.44. The molecule has 1 aromatic rings. The SMILES string of the molecule is COc1cccc2c1OC(=O)C2=O. The molecule has 0 atom stereocenters. The Labute approximate surface area is 74.1 Å². The van der Waals surface area contributed by atoms with Gasteiger partial charge >= 0.3 is 5.97 Å². The van der Waals surface area contributed by atoms with Gasteiger partial charge in [0, 0.05) is 0 Å². The van der Waals surface area contributed by atoms with Crippen LogP contribution in [0.15, 0.2) is 18.2 Å². The maximum atomic E-state index is 11.1. The number of Topliss-reactive ketones (excluding diaryl/α,β-unsaturated/α-hetero) is 1. The highest BCUT2D eigenvalue weighted by atomic mass is 16.6. The van der Waals surface area contributed by atoms with Crippen LogP contribution in [0.4, 0.5) is 0 Å². The number of para-hydroxylation sites is 1. The molecule has 2 rings (SSSR count). The van der Waals surface area contributed by atoms with Crippen molar-refractivity contribution in [3.05, 3.63) is 23.8 Å². The highest BCUT2D eigenvalue weighted by Gasteiger charge is 2.33. The molecule has 0 saturated carbocycles. The average molecular weight is 178 g/mol. The van der Waals surface area contributed by atoms with Gasteiger partial charge in [-0.15, -0.1) is 0 Å². The highest BCUT2D eigenvalue weighted by Crippen LogP contribution is 2.35. The summed E-state index contributed by atoms with van der Waals surface area (Å²) in [5, 5.41) is 0. The van der Waals surface area contributed by atoms with E-state index < -0.39 is 11.8 Å². The van der Waals surface area contributed by atoms with Crippen LogP contribution in [0.5, 0.6) is 11.5 Å². The summed E-state index contributed by atoms with van der Waals surface area (Å²) in [6.45, 7) is 0. The van der Waals surface area contributed by atoms with Crippen LogP contribution in [0.2, 0.25) is 0 Å². The zero-order chi connectivity index (χ0) is 9.42. The molecule has 0 amide bonds. The number of hydrogen-bond donors (Lipinski definition) is 0. The van der Waals surface area contributed by atoms with E-state index in [2.05, 4.69) is 0 Å². The van der Waals surface area contributed by atoms with Gasteiger partial charge in [0.05, 0.1) is 12.7 Å². The molecule has 4 nitrogen and oxygen atoms in total. The minimum atomic E-state index is -0.848. The van der Waals surface area contributed by atoms with Crippen molar-refractivity contribution in [2.45, 2.75) is 0 Å². The summed E-state index contributed by atoms with van der Waals surface area (Å²) in [6.07, 6.45) is 0. The normalized spacial score (nSPS) is 13.9. The molecule has 0 fully saturated rings. The number of methoxy groups -OCH3 is 1. The van der Waals surface area contributed by atoms with Crippen molar-refractivity contribution in [2.75, 3.05) is 7.11 Å². The Morgan fingerprint density at radius 2 is 2.08 bits per heavy atom. The van der Waals surface area contributed by atoms with Crippen LogP contribution in [0.25, 0.3) is 0 Å². The van der Waals surface area contributed by atoms with Crippen molar-refractivity contribution >= 4 is 11.8 Å². The zero-order valence-electron chi connectivity index (χ0n) is 6.87. The average Bonchev–Trinajstić information content (AvgIpc) is 2.43. The van der Waals surface area contributed by atoms with Gasteiger partial charge in [-0.3, -0.25) is 4.79 Å². The first-order valence-corrected chi connectivity index (χ1v) is 3.67. The molecular weight excluding hydrogens is 172 g/mol. The van der Waals surface area contributed by atoms with Crippen molar-refractivity contribution in [3.63, 3.8) is 0 Å². The van der Waals surface area contributed by atoms with Gasteiger partial charge in [0.2, 0.25) is 0 Å². The summed E-state index contributed by atoms with van der Waals surface area (Å²) in [5.74, 6) is -0.842. The predicted octanol–water partition coefficient (Wildman–Crippen LogP) is 0.797. The van der Waals surface area contributed by atoms with Crippen LogP contribution in [-0.2, 0) is 4.79 Å². The minimum absolute atomic E-state index is 0.222. The molecule has 1 aliphatic heterocycles. The lowest BCUT2D eigenvalue weighted by molar-refractivity contribution is -0.128. The third kappa shape index (κ3) is 0.989.